The van der Waals surface area contributed by atoms with Crippen LogP contribution in [0, 0.1) is 5.92 Å². The summed E-state index contributed by atoms with van der Waals surface area (Å²) in [5.41, 5.74) is 1.19. The molecule has 0 saturated carbocycles. The number of hydrogen-bond donors (Lipinski definition) is 2. The molecular weight excluding hydrogens is 376 g/mol. The molecular formula is C20H24N4O5. The van der Waals surface area contributed by atoms with E-state index >= 15 is 0 Å². The molecule has 0 aliphatic carbocycles. The highest BCUT2D eigenvalue weighted by atomic mass is 16.2. The summed E-state index contributed by atoms with van der Waals surface area (Å²) >= 11 is 0. The maximum absolute atomic E-state index is 12.8. The maximum atomic E-state index is 12.8. The van der Waals surface area contributed by atoms with E-state index in [9.17, 15) is 24.0 Å². The quantitative estimate of drug-likeness (QED) is 0.454. The lowest BCUT2D eigenvalue weighted by atomic mass is 10.1. The largest absolute Gasteiger partial charge is 0.385 e. The molecule has 2 heterocycles. The fourth-order valence-corrected chi connectivity index (χ4v) is 3.72. The van der Waals surface area contributed by atoms with Crippen LogP contribution in [0.4, 0.5) is 5.69 Å². The van der Waals surface area contributed by atoms with E-state index < -0.39 is 17.9 Å². The van der Waals surface area contributed by atoms with Crippen molar-refractivity contribution in [2.75, 3.05) is 32.0 Å². The summed E-state index contributed by atoms with van der Waals surface area (Å²) in [6.07, 6.45) is 2.41. The van der Waals surface area contributed by atoms with Crippen molar-refractivity contribution in [1.29, 1.82) is 0 Å². The molecule has 2 aliphatic rings. The Balaban J connectivity index is 1.68. The van der Waals surface area contributed by atoms with E-state index in [1.165, 1.54) is 7.05 Å². The van der Waals surface area contributed by atoms with E-state index in [4.69, 9.17) is 0 Å². The van der Waals surface area contributed by atoms with Gasteiger partial charge in [0.1, 0.15) is 6.29 Å². The van der Waals surface area contributed by atoms with E-state index in [2.05, 4.69) is 10.6 Å². The molecule has 0 aromatic heterocycles. The second-order valence-electron chi connectivity index (χ2n) is 7.29. The van der Waals surface area contributed by atoms with E-state index in [1.54, 1.807) is 23.1 Å². The number of benzene rings is 1. The highest BCUT2D eigenvalue weighted by Gasteiger charge is 2.40. The number of aldehydes is 1. The molecule has 2 aliphatic heterocycles. The minimum atomic E-state index is -0.982. The molecule has 29 heavy (non-hydrogen) atoms. The van der Waals surface area contributed by atoms with Gasteiger partial charge in [-0.3, -0.25) is 24.1 Å². The number of carbonyl (C=O) groups is 5. The lowest BCUT2D eigenvalue weighted by Crippen LogP contribution is -2.41. The molecule has 2 N–H and O–H groups in total. The summed E-state index contributed by atoms with van der Waals surface area (Å²) in [5, 5.41) is 5.71. The fourth-order valence-electron chi connectivity index (χ4n) is 3.72. The molecule has 1 aromatic rings. The molecule has 1 aromatic carbocycles. The molecule has 0 radical (unpaired) electrons. The summed E-state index contributed by atoms with van der Waals surface area (Å²) in [6.45, 7) is 2.09. The van der Waals surface area contributed by atoms with E-state index in [0.717, 1.165) is 24.3 Å². The van der Waals surface area contributed by atoms with Gasteiger partial charge in [0.25, 0.3) is 11.8 Å². The van der Waals surface area contributed by atoms with Gasteiger partial charge in [0, 0.05) is 38.8 Å². The Morgan fingerprint density at radius 1 is 1.24 bits per heavy atom. The smallest absolute Gasteiger partial charge is 0.262 e. The molecule has 1 fully saturated rings. The van der Waals surface area contributed by atoms with Crippen LogP contribution in [0.5, 0.6) is 0 Å². The number of carbonyl (C=O) groups excluding carboxylic acids is 5. The van der Waals surface area contributed by atoms with Crippen LogP contribution in [0.15, 0.2) is 18.2 Å². The van der Waals surface area contributed by atoms with Crippen LogP contribution in [0.25, 0.3) is 0 Å². The first kappa shape index (κ1) is 20.5. The van der Waals surface area contributed by atoms with Crippen molar-refractivity contribution in [3.05, 3.63) is 29.3 Å². The van der Waals surface area contributed by atoms with Gasteiger partial charge >= 0.3 is 0 Å². The molecule has 1 saturated heterocycles. The third-order valence-electron chi connectivity index (χ3n) is 5.41. The van der Waals surface area contributed by atoms with Gasteiger partial charge in [0.15, 0.2) is 0 Å². The Morgan fingerprint density at radius 2 is 2.00 bits per heavy atom. The van der Waals surface area contributed by atoms with Gasteiger partial charge < -0.3 is 20.3 Å². The zero-order valence-corrected chi connectivity index (χ0v) is 16.2. The first-order valence-electron chi connectivity index (χ1n) is 9.59. The average Bonchev–Trinajstić information content (AvgIpc) is 3.30. The molecule has 0 spiro atoms. The number of amides is 4. The first-order valence-corrected chi connectivity index (χ1v) is 9.59. The van der Waals surface area contributed by atoms with Crippen LogP contribution in [0.2, 0.25) is 0 Å². The molecule has 2 unspecified atom stereocenters. The zero-order chi connectivity index (χ0) is 21.0. The lowest BCUT2D eigenvalue weighted by Gasteiger charge is -2.20. The Morgan fingerprint density at radius 3 is 2.66 bits per heavy atom. The van der Waals surface area contributed by atoms with Crippen molar-refractivity contribution in [3.63, 3.8) is 0 Å². The van der Waals surface area contributed by atoms with Crippen molar-refractivity contribution < 1.29 is 24.0 Å². The average molecular weight is 400 g/mol. The van der Waals surface area contributed by atoms with Crippen LogP contribution in [-0.4, -0.2) is 72.9 Å². The number of likely N-dealkylation sites (tertiary alicyclic amines) is 1. The number of nitrogens with zero attached hydrogens (tertiary/aromatic N) is 2. The summed E-state index contributed by atoms with van der Waals surface area (Å²) in [4.78, 5) is 61.9. The number of nitrogens with one attached hydrogen (secondary N) is 2. The summed E-state index contributed by atoms with van der Waals surface area (Å²) in [6, 6.07) is 3.93. The van der Waals surface area contributed by atoms with Gasteiger partial charge in [-0.15, -0.1) is 0 Å². The minimum Gasteiger partial charge on any atom is -0.385 e. The number of rotatable bonds is 9. The molecule has 3 rings (SSSR count). The van der Waals surface area contributed by atoms with Crippen LogP contribution in [0.3, 0.4) is 0 Å². The summed E-state index contributed by atoms with van der Waals surface area (Å²) in [5.74, 6) is -0.995. The third kappa shape index (κ3) is 4.28. The number of anilines is 1. The van der Waals surface area contributed by atoms with Gasteiger partial charge in [0.05, 0.1) is 17.2 Å². The predicted octanol–water partition coefficient (Wildman–Crippen LogP) is 0.267. The highest BCUT2D eigenvalue weighted by Crippen LogP contribution is 2.28. The Hall–Kier alpha value is -3.23. The standard InChI is InChI=1S/C20H24N4O5/c1-21-18(27)5-3-15(11-25)24-19(28)16-4-2-14(8-17(16)20(24)29)22-9-13-6-7-23(10-13)12-26/h2,4,8,11-13,15,22H,3,5-7,9-10H2,1H3,(H,21,27). The second-order valence-corrected chi connectivity index (χ2v) is 7.29. The van der Waals surface area contributed by atoms with Gasteiger partial charge in [-0.2, -0.15) is 0 Å². The molecule has 0 bridgehead atoms. The topological polar surface area (TPSA) is 116 Å². The molecule has 9 heteroatoms. The SMILES string of the molecule is CNC(=O)CCC(C=O)N1C(=O)c2ccc(NCC3CCN(C=O)C3)cc2C1=O. The first-order chi connectivity index (χ1) is 14.0. The summed E-state index contributed by atoms with van der Waals surface area (Å²) < 4.78 is 0. The second kappa shape index (κ2) is 8.85. The molecule has 9 nitrogen and oxygen atoms in total. The van der Waals surface area contributed by atoms with Crippen molar-refractivity contribution >= 4 is 36.1 Å². The Labute approximate surface area is 168 Å². The monoisotopic (exact) mass is 400 g/mol. The summed E-state index contributed by atoms with van der Waals surface area (Å²) in [7, 11) is 1.48. The predicted molar refractivity (Wildman–Crippen MR) is 104 cm³/mol. The number of imide groups is 1. The molecule has 154 valence electrons. The molecule has 4 amide bonds. The van der Waals surface area contributed by atoms with E-state index in [-0.39, 0.29) is 29.9 Å². The number of hydrogen-bond acceptors (Lipinski definition) is 6. The van der Waals surface area contributed by atoms with Crippen molar-refractivity contribution in [2.45, 2.75) is 25.3 Å². The van der Waals surface area contributed by atoms with Crippen LogP contribution >= 0.6 is 0 Å². The third-order valence-corrected chi connectivity index (χ3v) is 5.41. The Kier molecular flexibility index (Phi) is 6.26. The van der Waals surface area contributed by atoms with Crippen LogP contribution < -0.4 is 10.6 Å². The van der Waals surface area contributed by atoms with Gasteiger partial charge in [-0.25, -0.2) is 0 Å². The van der Waals surface area contributed by atoms with E-state index in [0.29, 0.717) is 31.0 Å². The lowest BCUT2D eigenvalue weighted by molar-refractivity contribution is -0.121. The fraction of sp³-hybridized carbons (Fsp3) is 0.450. The number of fused-ring (bicyclic) bond motifs is 1. The zero-order valence-electron chi connectivity index (χ0n) is 16.2. The van der Waals surface area contributed by atoms with E-state index in [1.807, 2.05) is 0 Å². The highest BCUT2D eigenvalue weighted by molar-refractivity contribution is 6.22. The van der Waals surface area contributed by atoms with Crippen LogP contribution in [-0.2, 0) is 14.4 Å². The van der Waals surface area contributed by atoms with Gasteiger partial charge in [0.2, 0.25) is 12.3 Å². The normalized spacial score (nSPS) is 19.1. The Bertz CT molecular complexity index is 840. The minimum absolute atomic E-state index is 0.0410. The van der Waals surface area contributed by atoms with Crippen LogP contribution in [0.1, 0.15) is 40.0 Å². The van der Waals surface area contributed by atoms with Crippen molar-refractivity contribution in [1.82, 2.24) is 15.1 Å². The maximum Gasteiger partial charge on any atom is 0.262 e. The van der Waals surface area contributed by atoms with Gasteiger partial charge in [-0.1, -0.05) is 0 Å². The van der Waals surface area contributed by atoms with Crippen molar-refractivity contribution in [3.8, 4) is 0 Å². The van der Waals surface area contributed by atoms with Gasteiger partial charge in [-0.05, 0) is 37.0 Å². The molecule has 2 atom stereocenters. The van der Waals surface area contributed by atoms with Crippen molar-refractivity contribution in [2.24, 2.45) is 5.92 Å².